The molecule has 1 aromatic heterocycles. The Bertz CT molecular complexity index is 1160. The summed E-state index contributed by atoms with van der Waals surface area (Å²) in [7, 11) is 0. The van der Waals surface area contributed by atoms with Gasteiger partial charge in [0.2, 0.25) is 0 Å². The van der Waals surface area contributed by atoms with Gasteiger partial charge in [0, 0.05) is 25.2 Å². The Labute approximate surface area is 197 Å². The van der Waals surface area contributed by atoms with Gasteiger partial charge in [0.25, 0.3) is 11.5 Å². The first-order chi connectivity index (χ1) is 15.4. The van der Waals surface area contributed by atoms with Crippen LogP contribution in [0.5, 0.6) is 0 Å². The molecule has 1 fully saturated rings. The number of benzene rings is 1. The van der Waals surface area contributed by atoms with Crippen LogP contribution in [0.1, 0.15) is 48.9 Å². The van der Waals surface area contributed by atoms with Gasteiger partial charge in [0.1, 0.15) is 21.8 Å². The monoisotopic (exact) mass is 466 g/mol. The minimum atomic E-state index is -0.313. The lowest BCUT2D eigenvalue weighted by molar-refractivity contribution is -0.121. The van der Waals surface area contributed by atoms with Crippen molar-refractivity contribution in [1.29, 1.82) is 5.26 Å². The Morgan fingerprint density at radius 1 is 1.22 bits per heavy atom. The molecule has 2 heterocycles. The average molecular weight is 467 g/mol. The van der Waals surface area contributed by atoms with E-state index in [1.54, 1.807) is 22.5 Å². The van der Waals surface area contributed by atoms with Gasteiger partial charge in [-0.05, 0) is 37.5 Å². The first kappa shape index (κ1) is 23.8. The molecular formula is C24H26N4O2S2. The van der Waals surface area contributed by atoms with Crippen molar-refractivity contribution in [3.63, 3.8) is 0 Å². The number of anilines is 1. The van der Waals surface area contributed by atoms with Crippen molar-refractivity contribution in [2.24, 2.45) is 0 Å². The van der Waals surface area contributed by atoms with Gasteiger partial charge in [0.15, 0.2) is 0 Å². The number of hydrogen-bond acceptors (Lipinski definition) is 6. The van der Waals surface area contributed by atoms with E-state index in [0.717, 1.165) is 18.4 Å². The molecule has 2 aromatic rings. The summed E-state index contributed by atoms with van der Waals surface area (Å²) in [6, 6.07) is 11.9. The Hall–Kier alpha value is -2.89. The molecular weight excluding hydrogens is 440 g/mol. The number of likely N-dealkylation sites (N-methyl/N-ethyl adjacent to an activating group) is 1. The van der Waals surface area contributed by atoms with E-state index in [4.69, 9.17) is 12.2 Å². The summed E-state index contributed by atoms with van der Waals surface area (Å²) >= 11 is 6.59. The lowest BCUT2D eigenvalue weighted by Crippen LogP contribution is -2.28. The normalized spacial score (nSPS) is 14.8. The van der Waals surface area contributed by atoms with E-state index in [0.29, 0.717) is 45.8 Å². The van der Waals surface area contributed by atoms with Crippen LogP contribution in [0.4, 0.5) is 5.82 Å². The highest BCUT2D eigenvalue weighted by Crippen LogP contribution is 2.35. The smallest absolute Gasteiger partial charge is 0.270 e. The van der Waals surface area contributed by atoms with E-state index in [-0.39, 0.29) is 17.0 Å². The maximum absolute atomic E-state index is 13.1. The van der Waals surface area contributed by atoms with Crippen LogP contribution in [0.25, 0.3) is 6.08 Å². The van der Waals surface area contributed by atoms with Gasteiger partial charge in [-0.15, -0.1) is 0 Å². The van der Waals surface area contributed by atoms with Gasteiger partial charge in [0.05, 0.1) is 4.91 Å². The fourth-order valence-electron chi connectivity index (χ4n) is 3.57. The molecule has 1 amide bonds. The highest BCUT2D eigenvalue weighted by Gasteiger charge is 2.31. The number of unbranched alkanes of at least 4 members (excludes halogenated alkanes) is 1. The topological polar surface area (TPSA) is 78.1 Å². The van der Waals surface area contributed by atoms with Gasteiger partial charge in [-0.3, -0.25) is 19.1 Å². The van der Waals surface area contributed by atoms with E-state index in [1.165, 1.54) is 11.8 Å². The molecule has 6 nitrogen and oxygen atoms in total. The third-order valence-electron chi connectivity index (χ3n) is 5.38. The Balaban J connectivity index is 2.18. The van der Waals surface area contributed by atoms with E-state index >= 15 is 0 Å². The minimum absolute atomic E-state index is 0.101. The number of amides is 1. The number of nitrogens with one attached hydrogen (secondary N) is 1. The van der Waals surface area contributed by atoms with E-state index in [1.807, 2.05) is 37.3 Å². The first-order valence-corrected chi connectivity index (χ1v) is 11.9. The number of hydrogen-bond donors (Lipinski definition) is 1. The molecule has 0 bridgehead atoms. The molecule has 0 spiro atoms. The number of thioether (sulfide) groups is 1. The van der Waals surface area contributed by atoms with Crippen molar-refractivity contribution in [2.75, 3.05) is 11.9 Å². The molecule has 1 N–H and O–H groups in total. The number of rotatable bonds is 8. The number of thiocarbonyl (C=S) groups is 1. The van der Waals surface area contributed by atoms with Gasteiger partial charge >= 0.3 is 0 Å². The van der Waals surface area contributed by atoms with Crippen molar-refractivity contribution < 1.29 is 4.79 Å². The van der Waals surface area contributed by atoms with E-state index < -0.39 is 0 Å². The van der Waals surface area contributed by atoms with Crippen LogP contribution in [0.3, 0.4) is 0 Å². The minimum Gasteiger partial charge on any atom is -0.367 e. The maximum Gasteiger partial charge on any atom is 0.270 e. The highest BCUT2D eigenvalue weighted by molar-refractivity contribution is 8.26. The van der Waals surface area contributed by atoms with E-state index in [9.17, 15) is 14.9 Å². The van der Waals surface area contributed by atoms with Crippen molar-refractivity contribution in [3.8, 4) is 6.07 Å². The summed E-state index contributed by atoms with van der Waals surface area (Å²) in [5, 5.41) is 13.1. The second-order valence-corrected chi connectivity index (χ2v) is 9.13. The molecule has 1 saturated heterocycles. The summed E-state index contributed by atoms with van der Waals surface area (Å²) in [5.74, 6) is 0.464. The molecule has 166 valence electrons. The van der Waals surface area contributed by atoms with Crippen LogP contribution in [0, 0.1) is 18.3 Å². The largest absolute Gasteiger partial charge is 0.367 e. The number of pyridine rings is 1. The Morgan fingerprint density at radius 2 is 1.94 bits per heavy atom. The maximum atomic E-state index is 13.1. The molecule has 1 aliphatic rings. The van der Waals surface area contributed by atoms with Crippen LogP contribution in [0.2, 0.25) is 0 Å². The molecule has 8 heteroatoms. The molecule has 0 radical (unpaired) electrons. The van der Waals surface area contributed by atoms with Gasteiger partial charge in [-0.1, -0.05) is 67.7 Å². The standard InChI is InChI=1S/C24H26N4O2S2/c1-4-6-12-28-21(26-15-17-10-8-7-9-11-17)18(16(3)19(14-25)22(28)29)13-20-23(30)27(5-2)24(31)32-20/h7-11,13,26H,4-6,12,15H2,1-3H3/b20-13+. The van der Waals surface area contributed by atoms with Crippen molar-refractivity contribution >= 4 is 46.1 Å². The quantitative estimate of drug-likeness (QED) is 0.450. The third kappa shape index (κ3) is 4.79. The fraction of sp³-hybridized carbons (Fsp3) is 0.333. The summed E-state index contributed by atoms with van der Waals surface area (Å²) in [6.45, 7) is 7.18. The number of carbonyl (C=O) groups is 1. The summed E-state index contributed by atoms with van der Waals surface area (Å²) in [6.07, 6.45) is 3.47. The van der Waals surface area contributed by atoms with Crippen molar-refractivity contribution in [2.45, 2.75) is 46.7 Å². The molecule has 1 aliphatic heterocycles. The van der Waals surface area contributed by atoms with Gasteiger partial charge in [-0.25, -0.2) is 0 Å². The summed E-state index contributed by atoms with van der Waals surface area (Å²) in [5.41, 5.74) is 2.08. The zero-order valence-electron chi connectivity index (χ0n) is 18.5. The second kappa shape index (κ2) is 10.6. The van der Waals surface area contributed by atoms with Crippen molar-refractivity contribution in [1.82, 2.24) is 9.47 Å². The second-order valence-electron chi connectivity index (χ2n) is 7.45. The molecule has 32 heavy (non-hydrogen) atoms. The van der Waals surface area contributed by atoms with Crippen LogP contribution >= 0.6 is 24.0 Å². The zero-order chi connectivity index (χ0) is 23.3. The molecule has 1 aromatic carbocycles. The SMILES string of the molecule is CCCCn1c(NCc2ccccc2)c(/C=C2/SC(=S)N(CC)C2=O)c(C)c(C#N)c1=O. The molecule has 0 saturated carbocycles. The predicted molar refractivity (Wildman–Crippen MR) is 134 cm³/mol. The Morgan fingerprint density at radius 3 is 2.53 bits per heavy atom. The lowest BCUT2D eigenvalue weighted by Gasteiger charge is -2.20. The number of nitrogens with zero attached hydrogens (tertiary/aromatic N) is 3. The van der Waals surface area contributed by atoms with Crippen LogP contribution in [-0.4, -0.2) is 26.2 Å². The lowest BCUT2D eigenvalue weighted by atomic mass is 10.0. The first-order valence-electron chi connectivity index (χ1n) is 10.6. The Kier molecular flexibility index (Phi) is 7.89. The zero-order valence-corrected chi connectivity index (χ0v) is 20.1. The highest BCUT2D eigenvalue weighted by atomic mass is 32.2. The third-order valence-corrected chi connectivity index (χ3v) is 6.76. The number of carbonyl (C=O) groups excluding carboxylic acids is 1. The van der Waals surface area contributed by atoms with Crippen LogP contribution in [-0.2, 0) is 17.9 Å². The number of aromatic nitrogens is 1. The molecule has 0 atom stereocenters. The average Bonchev–Trinajstić information content (AvgIpc) is 3.06. The summed E-state index contributed by atoms with van der Waals surface area (Å²) < 4.78 is 2.14. The van der Waals surface area contributed by atoms with Crippen LogP contribution in [0.15, 0.2) is 40.0 Å². The molecule has 3 rings (SSSR count). The molecule has 0 aliphatic carbocycles. The fourth-order valence-corrected chi connectivity index (χ4v) is 4.93. The molecule has 0 unspecified atom stereocenters. The van der Waals surface area contributed by atoms with Crippen molar-refractivity contribution in [3.05, 3.63) is 67.8 Å². The van der Waals surface area contributed by atoms with E-state index in [2.05, 4.69) is 18.3 Å². The van der Waals surface area contributed by atoms with Gasteiger partial charge in [-0.2, -0.15) is 5.26 Å². The van der Waals surface area contributed by atoms with Gasteiger partial charge < -0.3 is 5.32 Å². The summed E-state index contributed by atoms with van der Waals surface area (Å²) in [4.78, 5) is 28.0. The van der Waals surface area contributed by atoms with Crippen LogP contribution < -0.4 is 10.9 Å². The number of nitriles is 1. The predicted octanol–water partition coefficient (Wildman–Crippen LogP) is 4.66.